The highest BCUT2D eigenvalue weighted by atomic mass is 32.2. The molecule has 1 N–H and O–H groups in total. The van der Waals surface area contributed by atoms with Gasteiger partial charge in [0, 0.05) is 36.9 Å². The summed E-state index contributed by atoms with van der Waals surface area (Å²) in [4.78, 5) is 13.1. The molecule has 1 unspecified atom stereocenters. The lowest BCUT2D eigenvalue weighted by atomic mass is 10.2. The van der Waals surface area contributed by atoms with Gasteiger partial charge in [0.25, 0.3) is 5.89 Å². The second-order valence-electron chi connectivity index (χ2n) is 5.38. The normalized spacial score (nSPS) is 17.7. The van der Waals surface area contributed by atoms with Crippen molar-refractivity contribution in [1.29, 1.82) is 0 Å². The summed E-state index contributed by atoms with van der Waals surface area (Å²) in [7, 11) is 0. The quantitative estimate of drug-likeness (QED) is 0.582. The number of nitrogens with one attached hydrogen (secondary N) is 1. The van der Waals surface area contributed by atoms with Crippen molar-refractivity contribution in [1.82, 2.24) is 25.4 Å². The molecule has 2 aromatic heterocycles. The Balaban J connectivity index is 1.44. The van der Waals surface area contributed by atoms with E-state index < -0.39 is 0 Å². The molecule has 0 bridgehead atoms. The Bertz CT molecular complexity index is 598. The van der Waals surface area contributed by atoms with Crippen molar-refractivity contribution in [2.75, 3.05) is 12.4 Å². The summed E-state index contributed by atoms with van der Waals surface area (Å²) in [6.45, 7) is 4.13. The Morgan fingerprint density at radius 1 is 1.30 bits per heavy atom. The number of hydrogen-bond donors (Lipinski definition) is 1. The van der Waals surface area contributed by atoms with Gasteiger partial charge in [-0.1, -0.05) is 23.8 Å². The van der Waals surface area contributed by atoms with Crippen LogP contribution in [0.4, 0.5) is 0 Å². The van der Waals surface area contributed by atoms with Crippen molar-refractivity contribution in [2.45, 2.75) is 50.5 Å². The summed E-state index contributed by atoms with van der Waals surface area (Å²) in [6.07, 6.45) is 6.80. The number of nitrogens with zero attached hydrogens (tertiary/aromatic N) is 4. The van der Waals surface area contributed by atoms with Gasteiger partial charge in [0.1, 0.15) is 6.10 Å². The van der Waals surface area contributed by atoms with Gasteiger partial charge in [-0.25, -0.2) is 9.97 Å². The largest absolute Gasteiger partial charge is 0.368 e. The Labute approximate surface area is 139 Å². The molecule has 1 saturated heterocycles. The van der Waals surface area contributed by atoms with Crippen LogP contribution in [0, 0.1) is 0 Å². The van der Waals surface area contributed by atoms with Crippen LogP contribution in [0.1, 0.15) is 49.6 Å². The van der Waals surface area contributed by atoms with E-state index in [4.69, 9.17) is 9.26 Å². The van der Waals surface area contributed by atoms with Crippen LogP contribution in [0.3, 0.4) is 0 Å². The maximum Gasteiger partial charge on any atom is 0.255 e. The van der Waals surface area contributed by atoms with Gasteiger partial charge in [0.15, 0.2) is 11.0 Å². The van der Waals surface area contributed by atoms with E-state index in [0.29, 0.717) is 24.8 Å². The molecule has 0 radical (unpaired) electrons. The molecular weight excluding hydrogens is 314 g/mol. The summed E-state index contributed by atoms with van der Waals surface area (Å²) < 4.78 is 10.8. The fourth-order valence-electron chi connectivity index (χ4n) is 2.26. The molecule has 1 atom stereocenters. The molecule has 0 aromatic carbocycles. The third-order valence-corrected chi connectivity index (χ3v) is 4.50. The molecule has 0 saturated carbocycles. The fraction of sp³-hybridized carbons (Fsp3) is 0.600. The van der Waals surface area contributed by atoms with E-state index >= 15 is 0 Å². The molecule has 0 amide bonds. The van der Waals surface area contributed by atoms with Crippen LogP contribution in [0.5, 0.6) is 0 Å². The van der Waals surface area contributed by atoms with E-state index in [2.05, 4.69) is 32.3 Å². The first-order valence-electron chi connectivity index (χ1n) is 7.93. The summed E-state index contributed by atoms with van der Waals surface area (Å²) in [5.41, 5.74) is 1.04. The lowest BCUT2D eigenvalue weighted by Crippen LogP contribution is -2.14. The van der Waals surface area contributed by atoms with Crippen LogP contribution in [-0.4, -0.2) is 32.5 Å². The third kappa shape index (κ3) is 4.73. The molecule has 3 rings (SSSR count). The molecule has 1 aliphatic heterocycles. The fourth-order valence-corrected chi connectivity index (χ4v) is 2.90. The minimum Gasteiger partial charge on any atom is -0.368 e. The lowest BCUT2D eigenvalue weighted by Gasteiger charge is -2.03. The molecule has 1 aliphatic rings. The Hall–Kier alpha value is -1.51. The maximum absolute atomic E-state index is 5.53. The molecule has 3 heterocycles. The predicted octanol–water partition coefficient (Wildman–Crippen LogP) is 2.50. The third-order valence-electron chi connectivity index (χ3n) is 3.42. The van der Waals surface area contributed by atoms with Crippen molar-refractivity contribution in [3.8, 4) is 0 Å². The monoisotopic (exact) mass is 335 g/mol. The minimum atomic E-state index is -0.0298. The van der Waals surface area contributed by atoms with Crippen LogP contribution in [0.2, 0.25) is 0 Å². The van der Waals surface area contributed by atoms with Crippen molar-refractivity contribution in [2.24, 2.45) is 0 Å². The van der Waals surface area contributed by atoms with Gasteiger partial charge < -0.3 is 14.6 Å². The van der Waals surface area contributed by atoms with Gasteiger partial charge in [0.2, 0.25) is 0 Å². The summed E-state index contributed by atoms with van der Waals surface area (Å²) >= 11 is 1.68. The number of hydrogen-bond acceptors (Lipinski definition) is 8. The van der Waals surface area contributed by atoms with Crippen molar-refractivity contribution in [3.63, 3.8) is 0 Å². The van der Waals surface area contributed by atoms with E-state index in [1.807, 2.05) is 12.4 Å². The highest BCUT2D eigenvalue weighted by Gasteiger charge is 2.23. The van der Waals surface area contributed by atoms with E-state index in [1.165, 1.54) is 0 Å². The second-order valence-corrected chi connectivity index (χ2v) is 6.44. The standard InChI is InChI=1S/C15H21N5O2S/c1-2-6-23-15-17-8-11(9-18-15)7-16-10-13-19-14(22-20-13)12-4-3-5-21-12/h8-9,12,16H,2-7,10H2,1H3. The predicted molar refractivity (Wildman–Crippen MR) is 85.8 cm³/mol. The maximum atomic E-state index is 5.53. The molecule has 8 heteroatoms. The summed E-state index contributed by atoms with van der Waals surface area (Å²) in [5.74, 6) is 2.27. The molecule has 124 valence electrons. The Morgan fingerprint density at radius 2 is 2.17 bits per heavy atom. The molecule has 0 aliphatic carbocycles. The lowest BCUT2D eigenvalue weighted by molar-refractivity contribution is 0.0835. The van der Waals surface area contributed by atoms with E-state index in [1.54, 1.807) is 11.8 Å². The Morgan fingerprint density at radius 3 is 2.91 bits per heavy atom. The van der Waals surface area contributed by atoms with Gasteiger partial charge in [-0.05, 0) is 19.3 Å². The van der Waals surface area contributed by atoms with E-state index in [0.717, 1.165) is 42.3 Å². The second kappa shape index (κ2) is 8.37. The number of aromatic nitrogens is 4. The summed E-state index contributed by atoms with van der Waals surface area (Å²) in [5, 5.41) is 8.08. The van der Waals surface area contributed by atoms with E-state index in [9.17, 15) is 0 Å². The minimum absolute atomic E-state index is 0.0298. The van der Waals surface area contributed by atoms with Gasteiger partial charge in [-0.15, -0.1) is 0 Å². The van der Waals surface area contributed by atoms with Gasteiger partial charge in [0.05, 0.1) is 6.54 Å². The molecule has 0 spiro atoms. The average Bonchev–Trinajstić information content (AvgIpc) is 3.25. The highest BCUT2D eigenvalue weighted by Crippen LogP contribution is 2.26. The van der Waals surface area contributed by atoms with Crippen LogP contribution in [0.25, 0.3) is 0 Å². The number of thioether (sulfide) groups is 1. The molecule has 23 heavy (non-hydrogen) atoms. The summed E-state index contributed by atoms with van der Waals surface area (Å²) in [6, 6.07) is 0. The zero-order chi connectivity index (χ0) is 15.9. The Kier molecular flexibility index (Phi) is 5.95. The van der Waals surface area contributed by atoms with E-state index in [-0.39, 0.29) is 6.10 Å². The smallest absolute Gasteiger partial charge is 0.255 e. The van der Waals surface area contributed by atoms with Crippen molar-refractivity contribution < 1.29 is 9.26 Å². The highest BCUT2D eigenvalue weighted by molar-refractivity contribution is 7.99. The van der Waals surface area contributed by atoms with Gasteiger partial charge in [-0.3, -0.25) is 0 Å². The zero-order valence-corrected chi connectivity index (χ0v) is 14.0. The average molecular weight is 335 g/mol. The van der Waals surface area contributed by atoms with Crippen LogP contribution >= 0.6 is 11.8 Å². The van der Waals surface area contributed by atoms with Crippen molar-refractivity contribution >= 4 is 11.8 Å². The van der Waals surface area contributed by atoms with Gasteiger partial charge in [-0.2, -0.15) is 4.98 Å². The first-order valence-corrected chi connectivity index (χ1v) is 8.92. The molecule has 7 nitrogen and oxygen atoms in total. The SMILES string of the molecule is CCCSc1ncc(CNCc2noc(C3CCCO3)n2)cn1. The van der Waals surface area contributed by atoms with Gasteiger partial charge >= 0.3 is 0 Å². The molecular formula is C15H21N5O2S. The zero-order valence-electron chi connectivity index (χ0n) is 13.2. The first-order chi connectivity index (χ1) is 11.3. The molecule has 2 aromatic rings. The van der Waals surface area contributed by atoms with Crippen molar-refractivity contribution in [3.05, 3.63) is 29.7 Å². The number of ether oxygens (including phenoxy) is 1. The first kappa shape index (κ1) is 16.4. The van der Waals surface area contributed by atoms with Crippen LogP contribution in [-0.2, 0) is 17.8 Å². The van der Waals surface area contributed by atoms with Crippen LogP contribution in [0.15, 0.2) is 22.1 Å². The van der Waals surface area contributed by atoms with Crippen LogP contribution < -0.4 is 5.32 Å². The number of rotatable bonds is 8. The molecule has 1 fully saturated rings. The topological polar surface area (TPSA) is 86.0 Å².